The third kappa shape index (κ3) is 6.63. The highest BCUT2D eigenvalue weighted by Crippen LogP contribution is 2.16. The van der Waals surface area contributed by atoms with Gasteiger partial charge in [-0.3, -0.25) is 14.4 Å². The van der Waals surface area contributed by atoms with Gasteiger partial charge in [-0.2, -0.15) is 0 Å². The molecule has 3 aromatic rings. The summed E-state index contributed by atoms with van der Waals surface area (Å²) in [5.74, 6) is -2.28. The summed E-state index contributed by atoms with van der Waals surface area (Å²) in [6.45, 7) is 1.29. The van der Waals surface area contributed by atoms with Crippen molar-refractivity contribution < 1.29 is 29.0 Å². The van der Waals surface area contributed by atoms with E-state index in [1.807, 2.05) is 0 Å². The van der Waals surface area contributed by atoms with Gasteiger partial charge < -0.3 is 20.5 Å². The molecule has 0 saturated carbocycles. The predicted molar refractivity (Wildman–Crippen MR) is 122 cm³/mol. The molecule has 0 fully saturated rings. The van der Waals surface area contributed by atoms with Gasteiger partial charge in [0.1, 0.15) is 11.4 Å². The summed E-state index contributed by atoms with van der Waals surface area (Å²) >= 11 is 0. The number of hydrogen-bond acceptors (Lipinski definition) is 5. The average Bonchev–Trinajstić information content (AvgIpc) is 2.80. The molecule has 0 radical (unpaired) electrons. The molecule has 0 saturated heterocycles. The van der Waals surface area contributed by atoms with Crippen LogP contribution in [0.4, 0.5) is 5.69 Å². The van der Waals surface area contributed by atoms with E-state index in [1.165, 1.54) is 37.3 Å². The Morgan fingerprint density at radius 1 is 0.818 bits per heavy atom. The number of carboxylic acid groups (broad SMARTS) is 1. The summed E-state index contributed by atoms with van der Waals surface area (Å²) in [4.78, 5) is 47.7. The fourth-order valence-electron chi connectivity index (χ4n) is 2.80. The average molecular weight is 444 g/mol. The second-order valence-corrected chi connectivity index (χ2v) is 6.88. The summed E-state index contributed by atoms with van der Waals surface area (Å²) in [6, 6.07) is 20.4. The minimum atomic E-state index is -1.08. The summed E-state index contributed by atoms with van der Waals surface area (Å²) < 4.78 is 5.00. The van der Waals surface area contributed by atoms with Crippen molar-refractivity contribution in [3.8, 4) is 5.75 Å². The number of carboxylic acids is 1. The van der Waals surface area contributed by atoms with Gasteiger partial charge >= 0.3 is 11.9 Å². The van der Waals surface area contributed by atoms with E-state index in [-0.39, 0.29) is 11.3 Å². The first-order valence-electron chi connectivity index (χ1n) is 9.83. The van der Waals surface area contributed by atoms with Gasteiger partial charge in [-0.1, -0.05) is 30.3 Å². The van der Waals surface area contributed by atoms with Crippen LogP contribution in [0.2, 0.25) is 0 Å². The van der Waals surface area contributed by atoms with E-state index >= 15 is 0 Å². The zero-order valence-electron chi connectivity index (χ0n) is 17.6. The third-order valence-corrected chi connectivity index (χ3v) is 4.37. The normalized spacial score (nSPS) is 10.8. The molecule has 3 N–H and O–H groups in total. The van der Waals surface area contributed by atoms with Crippen molar-refractivity contribution >= 4 is 35.5 Å². The van der Waals surface area contributed by atoms with E-state index in [9.17, 15) is 19.2 Å². The van der Waals surface area contributed by atoms with Crippen molar-refractivity contribution in [2.45, 2.75) is 6.92 Å². The topological polar surface area (TPSA) is 122 Å². The Balaban J connectivity index is 1.86. The van der Waals surface area contributed by atoms with Gasteiger partial charge in [0.2, 0.25) is 0 Å². The van der Waals surface area contributed by atoms with Crippen LogP contribution in [0.3, 0.4) is 0 Å². The smallest absolute Gasteiger partial charge is 0.335 e. The lowest BCUT2D eigenvalue weighted by atomic mass is 10.1. The second-order valence-electron chi connectivity index (χ2n) is 6.88. The van der Waals surface area contributed by atoms with E-state index in [4.69, 9.17) is 9.84 Å². The minimum absolute atomic E-state index is 0.0357. The highest BCUT2D eigenvalue weighted by atomic mass is 16.5. The Labute approximate surface area is 189 Å². The highest BCUT2D eigenvalue weighted by Gasteiger charge is 2.15. The Morgan fingerprint density at radius 2 is 1.45 bits per heavy atom. The zero-order chi connectivity index (χ0) is 23.8. The number of esters is 1. The molecule has 0 aromatic heterocycles. The van der Waals surface area contributed by atoms with Crippen LogP contribution in [0.5, 0.6) is 5.75 Å². The van der Waals surface area contributed by atoms with Crippen LogP contribution >= 0.6 is 0 Å². The Kier molecular flexibility index (Phi) is 7.33. The van der Waals surface area contributed by atoms with E-state index in [2.05, 4.69) is 10.6 Å². The number of ether oxygens (including phenoxy) is 1. The van der Waals surface area contributed by atoms with Crippen molar-refractivity contribution in [3.05, 3.63) is 101 Å². The first kappa shape index (κ1) is 23.0. The molecule has 0 atom stereocenters. The maximum atomic E-state index is 12.9. The number of nitrogens with one attached hydrogen (secondary N) is 2. The summed E-state index contributed by atoms with van der Waals surface area (Å²) in [7, 11) is 0. The minimum Gasteiger partial charge on any atom is -0.478 e. The highest BCUT2D eigenvalue weighted by molar-refractivity contribution is 6.10. The first-order valence-corrected chi connectivity index (χ1v) is 9.83. The SMILES string of the molecule is CC(=O)Oc1ccc(/C=C(\NC(=O)c2ccccc2)C(=O)Nc2ccc(C(=O)O)cc2)cc1. The lowest BCUT2D eigenvalue weighted by molar-refractivity contribution is -0.131. The van der Waals surface area contributed by atoms with Gasteiger partial charge in [0.05, 0.1) is 5.56 Å². The summed E-state index contributed by atoms with van der Waals surface area (Å²) in [5, 5.41) is 14.3. The van der Waals surface area contributed by atoms with Crippen molar-refractivity contribution in [2.24, 2.45) is 0 Å². The molecular weight excluding hydrogens is 424 g/mol. The predicted octanol–water partition coefficient (Wildman–Crippen LogP) is 3.72. The molecule has 0 aliphatic rings. The van der Waals surface area contributed by atoms with Crippen LogP contribution in [-0.2, 0) is 9.59 Å². The molecule has 3 rings (SSSR count). The molecule has 166 valence electrons. The van der Waals surface area contributed by atoms with Crippen LogP contribution in [0.25, 0.3) is 6.08 Å². The molecule has 3 aromatic carbocycles. The third-order valence-electron chi connectivity index (χ3n) is 4.37. The molecule has 8 heteroatoms. The lowest BCUT2D eigenvalue weighted by Crippen LogP contribution is -2.30. The maximum Gasteiger partial charge on any atom is 0.335 e. The van der Waals surface area contributed by atoms with Gasteiger partial charge in [0, 0.05) is 18.2 Å². The van der Waals surface area contributed by atoms with Crippen molar-refractivity contribution in [1.29, 1.82) is 0 Å². The van der Waals surface area contributed by atoms with E-state index < -0.39 is 23.8 Å². The van der Waals surface area contributed by atoms with E-state index in [1.54, 1.807) is 54.6 Å². The molecule has 0 spiro atoms. The Bertz CT molecular complexity index is 1200. The number of aromatic carboxylic acids is 1. The Morgan fingerprint density at radius 3 is 2.03 bits per heavy atom. The van der Waals surface area contributed by atoms with E-state index in [0.717, 1.165) is 0 Å². The van der Waals surface area contributed by atoms with Crippen molar-refractivity contribution in [2.75, 3.05) is 5.32 Å². The molecular formula is C25H20N2O6. The molecule has 8 nitrogen and oxygen atoms in total. The summed E-state index contributed by atoms with van der Waals surface area (Å²) in [5.41, 5.74) is 1.34. The Hall–Kier alpha value is -4.72. The molecule has 33 heavy (non-hydrogen) atoms. The quantitative estimate of drug-likeness (QED) is 0.290. The number of amides is 2. The van der Waals surface area contributed by atoms with Crippen LogP contribution in [0.1, 0.15) is 33.2 Å². The largest absolute Gasteiger partial charge is 0.478 e. The molecule has 0 unspecified atom stereocenters. The van der Waals surface area contributed by atoms with E-state index in [0.29, 0.717) is 22.6 Å². The molecule has 0 aliphatic carbocycles. The monoisotopic (exact) mass is 444 g/mol. The number of hydrogen-bond donors (Lipinski definition) is 3. The van der Waals surface area contributed by atoms with Crippen molar-refractivity contribution in [1.82, 2.24) is 5.32 Å². The number of carbonyl (C=O) groups is 4. The molecule has 0 bridgehead atoms. The standard InChI is InChI=1S/C25H20N2O6/c1-16(28)33-21-13-7-17(8-14-21)15-22(27-23(29)18-5-3-2-4-6-18)24(30)26-20-11-9-19(10-12-20)25(31)32/h2-15H,1H3,(H,26,30)(H,27,29)(H,31,32)/b22-15-. The number of benzene rings is 3. The number of carbonyl (C=O) groups excluding carboxylic acids is 3. The fraction of sp³-hybridized carbons (Fsp3) is 0.0400. The molecule has 0 aliphatic heterocycles. The zero-order valence-corrected chi connectivity index (χ0v) is 17.6. The molecule has 0 heterocycles. The van der Waals surface area contributed by atoms with Crippen LogP contribution < -0.4 is 15.4 Å². The molecule has 2 amide bonds. The van der Waals surface area contributed by atoms with Gasteiger partial charge in [0.25, 0.3) is 11.8 Å². The maximum absolute atomic E-state index is 12.9. The number of anilines is 1. The van der Waals surface area contributed by atoms with Crippen LogP contribution in [0, 0.1) is 0 Å². The van der Waals surface area contributed by atoms with Gasteiger partial charge in [-0.05, 0) is 60.2 Å². The van der Waals surface area contributed by atoms with Gasteiger partial charge in [-0.25, -0.2) is 4.79 Å². The second kappa shape index (κ2) is 10.5. The first-order chi connectivity index (χ1) is 15.8. The van der Waals surface area contributed by atoms with Crippen LogP contribution in [0.15, 0.2) is 84.6 Å². The van der Waals surface area contributed by atoms with Gasteiger partial charge in [0.15, 0.2) is 0 Å². The van der Waals surface area contributed by atoms with Crippen molar-refractivity contribution in [3.63, 3.8) is 0 Å². The fourth-order valence-corrected chi connectivity index (χ4v) is 2.80. The van der Waals surface area contributed by atoms with Crippen LogP contribution in [-0.4, -0.2) is 28.9 Å². The number of rotatable bonds is 7. The summed E-state index contributed by atoms with van der Waals surface area (Å²) in [6.07, 6.45) is 1.47. The van der Waals surface area contributed by atoms with Gasteiger partial charge in [-0.15, -0.1) is 0 Å². The lowest BCUT2D eigenvalue weighted by Gasteiger charge is -2.12.